The van der Waals surface area contributed by atoms with Crippen LogP contribution in [0.3, 0.4) is 0 Å². The summed E-state index contributed by atoms with van der Waals surface area (Å²) in [4.78, 5) is 0. The minimum Gasteiger partial charge on any atom is -0.380 e. The minimum atomic E-state index is -3.23. The largest absolute Gasteiger partial charge is 0.380 e. The molecule has 6 heteroatoms. The number of benzene rings is 1. The number of sulfonamides is 1. The standard InChI is InChI=1S/C12H16ClNO3S/c13-12-4-1-3-11(9-12)10-14-5-2-6-17-7-8-18(14,15)16/h1,3-4,9H,2,5-8,10H2. The van der Waals surface area contributed by atoms with E-state index in [0.717, 1.165) is 12.0 Å². The first-order valence-electron chi connectivity index (χ1n) is 5.88. The van der Waals surface area contributed by atoms with Crippen LogP contribution in [0, 0.1) is 0 Å². The fourth-order valence-electron chi connectivity index (χ4n) is 1.89. The Morgan fingerprint density at radius 2 is 2.17 bits per heavy atom. The van der Waals surface area contributed by atoms with E-state index < -0.39 is 10.0 Å². The molecule has 0 unspecified atom stereocenters. The Morgan fingerprint density at radius 1 is 1.33 bits per heavy atom. The monoisotopic (exact) mass is 289 g/mol. The first kappa shape index (κ1) is 13.8. The Kier molecular flexibility index (Phi) is 4.61. The van der Waals surface area contributed by atoms with Crippen molar-refractivity contribution in [2.24, 2.45) is 0 Å². The molecule has 0 radical (unpaired) electrons. The van der Waals surface area contributed by atoms with Gasteiger partial charge in [-0.3, -0.25) is 0 Å². The lowest BCUT2D eigenvalue weighted by molar-refractivity contribution is 0.134. The summed E-state index contributed by atoms with van der Waals surface area (Å²) in [6, 6.07) is 7.29. The van der Waals surface area contributed by atoms with Gasteiger partial charge in [-0.1, -0.05) is 23.7 Å². The van der Waals surface area contributed by atoms with Crippen molar-refractivity contribution in [2.45, 2.75) is 13.0 Å². The predicted molar refractivity (Wildman–Crippen MR) is 71.1 cm³/mol. The van der Waals surface area contributed by atoms with Crippen LogP contribution in [0.15, 0.2) is 24.3 Å². The fourth-order valence-corrected chi connectivity index (χ4v) is 3.45. The lowest BCUT2D eigenvalue weighted by Crippen LogP contribution is -2.37. The molecule has 1 fully saturated rings. The van der Waals surface area contributed by atoms with Gasteiger partial charge in [-0.15, -0.1) is 0 Å². The lowest BCUT2D eigenvalue weighted by atomic mass is 10.2. The third-order valence-electron chi connectivity index (χ3n) is 2.82. The maximum absolute atomic E-state index is 12.1. The molecule has 0 aliphatic carbocycles. The van der Waals surface area contributed by atoms with Gasteiger partial charge in [0.15, 0.2) is 0 Å². The van der Waals surface area contributed by atoms with E-state index in [2.05, 4.69) is 0 Å². The van der Waals surface area contributed by atoms with E-state index in [-0.39, 0.29) is 12.4 Å². The average Bonchev–Trinajstić information content (AvgIpc) is 2.30. The molecule has 1 aliphatic heterocycles. The molecule has 2 rings (SSSR count). The van der Waals surface area contributed by atoms with Crippen molar-refractivity contribution in [2.75, 3.05) is 25.5 Å². The molecule has 0 spiro atoms. The molecule has 0 aromatic heterocycles. The molecule has 4 nitrogen and oxygen atoms in total. The van der Waals surface area contributed by atoms with Crippen LogP contribution in [0.4, 0.5) is 0 Å². The van der Waals surface area contributed by atoms with E-state index in [4.69, 9.17) is 16.3 Å². The van der Waals surface area contributed by atoms with Crippen LogP contribution in [-0.4, -0.2) is 38.2 Å². The topological polar surface area (TPSA) is 46.6 Å². The van der Waals surface area contributed by atoms with Gasteiger partial charge in [0.25, 0.3) is 0 Å². The summed E-state index contributed by atoms with van der Waals surface area (Å²) in [5.74, 6) is 0.0492. The predicted octanol–water partition coefficient (Wildman–Crippen LogP) is 1.89. The lowest BCUT2D eigenvalue weighted by Gasteiger charge is -2.24. The summed E-state index contributed by atoms with van der Waals surface area (Å²) in [5.41, 5.74) is 0.910. The van der Waals surface area contributed by atoms with Crippen molar-refractivity contribution in [1.82, 2.24) is 4.31 Å². The van der Waals surface area contributed by atoms with Crippen LogP contribution in [0.5, 0.6) is 0 Å². The van der Waals surface area contributed by atoms with Gasteiger partial charge >= 0.3 is 0 Å². The van der Waals surface area contributed by atoms with E-state index in [1.165, 1.54) is 4.31 Å². The van der Waals surface area contributed by atoms with Gasteiger partial charge in [0, 0.05) is 24.7 Å². The van der Waals surface area contributed by atoms with Crippen molar-refractivity contribution < 1.29 is 13.2 Å². The van der Waals surface area contributed by atoms with Gasteiger partial charge in [-0.25, -0.2) is 8.42 Å². The van der Waals surface area contributed by atoms with Crippen molar-refractivity contribution in [3.8, 4) is 0 Å². The summed E-state index contributed by atoms with van der Waals surface area (Å²) in [6.45, 7) is 1.76. The molecule has 1 aromatic carbocycles. The smallest absolute Gasteiger partial charge is 0.216 e. The summed E-state index contributed by atoms with van der Waals surface area (Å²) >= 11 is 5.90. The number of ether oxygens (including phenoxy) is 1. The highest BCUT2D eigenvalue weighted by Crippen LogP contribution is 2.16. The average molecular weight is 290 g/mol. The van der Waals surface area contributed by atoms with Crippen molar-refractivity contribution in [3.05, 3.63) is 34.9 Å². The third-order valence-corrected chi connectivity index (χ3v) is 4.84. The van der Waals surface area contributed by atoms with Gasteiger partial charge < -0.3 is 4.74 Å². The molecule has 100 valence electrons. The van der Waals surface area contributed by atoms with E-state index >= 15 is 0 Å². The zero-order valence-corrected chi connectivity index (χ0v) is 11.6. The van der Waals surface area contributed by atoms with Crippen LogP contribution < -0.4 is 0 Å². The minimum absolute atomic E-state index is 0.0492. The summed E-state index contributed by atoms with van der Waals surface area (Å²) in [7, 11) is -3.23. The number of hydrogen-bond acceptors (Lipinski definition) is 3. The Bertz CT molecular complexity index is 504. The number of rotatable bonds is 2. The maximum atomic E-state index is 12.1. The third kappa shape index (κ3) is 3.68. The quantitative estimate of drug-likeness (QED) is 0.835. The highest BCUT2D eigenvalue weighted by molar-refractivity contribution is 7.89. The zero-order chi connectivity index (χ0) is 13.0. The van der Waals surface area contributed by atoms with Crippen LogP contribution in [0.2, 0.25) is 5.02 Å². The fraction of sp³-hybridized carbons (Fsp3) is 0.500. The Balaban J connectivity index is 2.14. The number of nitrogens with zero attached hydrogens (tertiary/aromatic N) is 1. The highest BCUT2D eigenvalue weighted by atomic mass is 35.5. The molecular formula is C12H16ClNO3S. The molecule has 0 saturated carbocycles. The molecule has 18 heavy (non-hydrogen) atoms. The molecule has 0 N–H and O–H groups in total. The molecule has 1 aliphatic rings. The van der Waals surface area contributed by atoms with Gasteiger partial charge in [0.2, 0.25) is 10.0 Å². The maximum Gasteiger partial charge on any atom is 0.216 e. The zero-order valence-electron chi connectivity index (χ0n) is 10.0. The summed E-state index contributed by atoms with van der Waals surface area (Å²) in [6.07, 6.45) is 0.722. The molecular weight excluding hydrogens is 274 g/mol. The van der Waals surface area contributed by atoms with Crippen LogP contribution in [0.25, 0.3) is 0 Å². The Labute approximate surface area is 113 Å². The number of halogens is 1. The van der Waals surface area contributed by atoms with E-state index in [9.17, 15) is 8.42 Å². The SMILES string of the molecule is O=S1(=O)CCOCCCN1Cc1cccc(Cl)c1. The normalized spacial score (nSPS) is 21.2. The van der Waals surface area contributed by atoms with Gasteiger partial charge in [0.05, 0.1) is 12.4 Å². The van der Waals surface area contributed by atoms with Crippen molar-refractivity contribution >= 4 is 21.6 Å². The van der Waals surface area contributed by atoms with E-state index in [1.807, 2.05) is 12.1 Å². The summed E-state index contributed by atoms with van der Waals surface area (Å²) in [5, 5.41) is 0.625. The second-order valence-corrected chi connectivity index (χ2v) is 6.77. The van der Waals surface area contributed by atoms with Crippen molar-refractivity contribution in [1.29, 1.82) is 0 Å². The molecule has 1 heterocycles. The van der Waals surface area contributed by atoms with Crippen LogP contribution in [-0.2, 0) is 21.3 Å². The highest BCUT2D eigenvalue weighted by Gasteiger charge is 2.23. The molecule has 1 saturated heterocycles. The van der Waals surface area contributed by atoms with E-state index in [0.29, 0.717) is 24.7 Å². The first-order valence-corrected chi connectivity index (χ1v) is 7.87. The second-order valence-electron chi connectivity index (χ2n) is 4.25. The molecule has 0 bridgehead atoms. The number of hydrogen-bond donors (Lipinski definition) is 0. The molecule has 0 amide bonds. The molecule has 1 aromatic rings. The van der Waals surface area contributed by atoms with Gasteiger partial charge in [0.1, 0.15) is 0 Å². The van der Waals surface area contributed by atoms with Gasteiger partial charge in [-0.05, 0) is 24.1 Å². The van der Waals surface area contributed by atoms with Crippen LogP contribution in [0.1, 0.15) is 12.0 Å². The second kappa shape index (κ2) is 6.02. The summed E-state index contributed by atoms with van der Waals surface area (Å²) < 4.78 is 30.8. The van der Waals surface area contributed by atoms with Crippen LogP contribution >= 0.6 is 11.6 Å². The Morgan fingerprint density at radius 3 is 2.94 bits per heavy atom. The van der Waals surface area contributed by atoms with E-state index in [1.54, 1.807) is 12.1 Å². The van der Waals surface area contributed by atoms with Gasteiger partial charge in [-0.2, -0.15) is 4.31 Å². The first-order chi connectivity index (χ1) is 8.58. The van der Waals surface area contributed by atoms with Crippen molar-refractivity contribution in [3.63, 3.8) is 0 Å². The molecule has 0 atom stereocenters. The Hall–Kier alpha value is -0.620.